The van der Waals surface area contributed by atoms with Gasteiger partial charge in [-0.25, -0.2) is 0 Å². The number of hydrogen-bond acceptors (Lipinski definition) is 2. The third kappa shape index (κ3) is 3.13. The molecule has 1 saturated carbocycles. The van der Waals surface area contributed by atoms with Crippen molar-refractivity contribution in [3.05, 3.63) is 33.8 Å². The van der Waals surface area contributed by atoms with Crippen LogP contribution < -0.4 is 0 Å². The largest absolute Gasteiger partial charge is 0.367 e. The van der Waals surface area contributed by atoms with Crippen molar-refractivity contribution in [2.75, 3.05) is 6.61 Å². The molecule has 1 aromatic rings. The Morgan fingerprint density at radius 2 is 1.84 bits per heavy atom. The van der Waals surface area contributed by atoms with Gasteiger partial charge in [0, 0.05) is 23.1 Å². The average Bonchev–Trinajstić information content (AvgIpc) is 2.84. The van der Waals surface area contributed by atoms with Crippen LogP contribution >= 0.6 is 23.2 Å². The highest BCUT2D eigenvalue weighted by Gasteiger charge is 2.41. The summed E-state index contributed by atoms with van der Waals surface area (Å²) in [5.41, 5.74) is 0.0962. The first-order valence-corrected chi connectivity index (χ1v) is 7.45. The highest BCUT2D eigenvalue weighted by atomic mass is 35.5. The Bertz CT molecular complexity index is 445. The third-order valence-electron chi connectivity index (χ3n) is 3.74. The van der Waals surface area contributed by atoms with Gasteiger partial charge in [0.25, 0.3) is 0 Å². The van der Waals surface area contributed by atoms with Crippen LogP contribution in [0.1, 0.15) is 38.2 Å². The van der Waals surface area contributed by atoms with Gasteiger partial charge in [0.1, 0.15) is 5.60 Å². The van der Waals surface area contributed by atoms with Gasteiger partial charge in [-0.15, -0.1) is 0 Å². The quantitative estimate of drug-likeness (QED) is 0.803. The van der Waals surface area contributed by atoms with E-state index in [0.29, 0.717) is 22.2 Å². The van der Waals surface area contributed by atoms with E-state index in [4.69, 9.17) is 27.9 Å². The number of ether oxygens (including phenoxy) is 1. The molecule has 0 heterocycles. The lowest BCUT2D eigenvalue weighted by molar-refractivity contribution is -0.142. The number of carbonyl (C=O) groups is 1. The highest BCUT2D eigenvalue weighted by Crippen LogP contribution is 2.36. The molecule has 0 amide bonds. The number of carbonyl (C=O) groups excluding carboxylic acids is 1. The van der Waals surface area contributed by atoms with Gasteiger partial charge >= 0.3 is 0 Å². The molecule has 104 valence electrons. The summed E-state index contributed by atoms with van der Waals surface area (Å²) in [5.74, 6) is 0.0989. The van der Waals surface area contributed by atoms with Crippen molar-refractivity contribution in [2.45, 2.75) is 44.6 Å². The second-order valence-corrected chi connectivity index (χ2v) is 5.75. The molecule has 1 aromatic carbocycles. The molecular weight excluding hydrogens is 283 g/mol. The number of halogens is 2. The summed E-state index contributed by atoms with van der Waals surface area (Å²) in [5, 5.41) is 1.09. The van der Waals surface area contributed by atoms with Crippen molar-refractivity contribution in [1.29, 1.82) is 0 Å². The Morgan fingerprint density at radius 3 is 2.37 bits per heavy atom. The van der Waals surface area contributed by atoms with Crippen LogP contribution in [0.3, 0.4) is 0 Å². The van der Waals surface area contributed by atoms with Crippen LogP contribution in [0.15, 0.2) is 18.2 Å². The molecule has 0 N–H and O–H groups in total. The fourth-order valence-corrected chi connectivity index (χ4v) is 3.28. The zero-order valence-electron chi connectivity index (χ0n) is 11.0. The molecule has 2 nitrogen and oxygen atoms in total. The Kier molecular flexibility index (Phi) is 4.88. The van der Waals surface area contributed by atoms with Gasteiger partial charge in [-0.1, -0.05) is 29.3 Å². The van der Waals surface area contributed by atoms with Gasteiger partial charge in [0.05, 0.1) is 0 Å². The predicted molar refractivity (Wildman–Crippen MR) is 78.0 cm³/mol. The van der Waals surface area contributed by atoms with E-state index >= 15 is 0 Å². The van der Waals surface area contributed by atoms with E-state index in [1.807, 2.05) is 6.92 Å². The Balaban J connectivity index is 2.20. The van der Waals surface area contributed by atoms with Crippen LogP contribution in [0, 0.1) is 0 Å². The van der Waals surface area contributed by atoms with Crippen molar-refractivity contribution < 1.29 is 9.53 Å². The minimum atomic E-state index is -0.614. The van der Waals surface area contributed by atoms with Crippen molar-refractivity contribution in [3.63, 3.8) is 0 Å². The van der Waals surface area contributed by atoms with Gasteiger partial charge in [-0.2, -0.15) is 0 Å². The number of ketones is 1. The van der Waals surface area contributed by atoms with E-state index < -0.39 is 5.60 Å². The van der Waals surface area contributed by atoms with Crippen LogP contribution in [0.4, 0.5) is 0 Å². The first-order valence-electron chi connectivity index (χ1n) is 6.69. The monoisotopic (exact) mass is 300 g/mol. The van der Waals surface area contributed by atoms with Gasteiger partial charge in [0.15, 0.2) is 5.78 Å². The summed E-state index contributed by atoms with van der Waals surface area (Å²) in [6.45, 7) is 2.48. The zero-order valence-corrected chi connectivity index (χ0v) is 12.6. The standard InChI is InChI=1S/C15H18Cl2O2/c1-2-19-15(8-3-4-9-15)14(18)10-11-12(16)6-5-7-13(11)17/h5-7H,2-4,8-10H2,1H3. The SMILES string of the molecule is CCOC1(C(=O)Cc2c(Cl)cccc2Cl)CCCC1. The molecule has 0 spiro atoms. The van der Waals surface area contributed by atoms with Gasteiger partial charge in [-0.3, -0.25) is 4.79 Å². The van der Waals surface area contributed by atoms with Crippen LogP contribution in [0.5, 0.6) is 0 Å². The summed E-state index contributed by atoms with van der Waals surface area (Å²) in [6, 6.07) is 5.31. The topological polar surface area (TPSA) is 26.3 Å². The Morgan fingerprint density at radius 1 is 1.26 bits per heavy atom. The highest BCUT2D eigenvalue weighted by molar-refractivity contribution is 6.36. The van der Waals surface area contributed by atoms with Crippen LogP contribution in [0.25, 0.3) is 0 Å². The molecule has 1 aliphatic carbocycles. The molecule has 1 aliphatic rings. The molecular formula is C15H18Cl2O2. The second-order valence-electron chi connectivity index (χ2n) is 4.93. The van der Waals surface area contributed by atoms with E-state index in [-0.39, 0.29) is 12.2 Å². The molecule has 0 saturated heterocycles. The molecule has 4 heteroatoms. The normalized spacial score (nSPS) is 17.6. The molecule has 0 bridgehead atoms. The maximum atomic E-state index is 12.6. The molecule has 0 aliphatic heterocycles. The van der Waals surface area contributed by atoms with Crippen LogP contribution in [0.2, 0.25) is 10.0 Å². The smallest absolute Gasteiger partial charge is 0.169 e. The van der Waals surface area contributed by atoms with Gasteiger partial charge in [0.2, 0.25) is 0 Å². The number of rotatable bonds is 5. The molecule has 1 fully saturated rings. The summed E-state index contributed by atoms with van der Waals surface area (Å²) in [4.78, 5) is 12.6. The number of hydrogen-bond donors (Lipinski definition) is 0. The van der Waals surface area contributed by atoms with Gasteiger partial charge in [-0.05, 0) is 50.3 Å². The summed E-state index contributed by atoms with van der Waals surface area (Å²) < 4.78 is 5.77. The molecule has 19 heavy (non-hydrogen) atoms. The van der Waals surface area contributed by atoms with E-state index in [0.717, 1.165) is 25.7 Å². The second kappa shape index (κ2) is 6.25. The van der Waals surface area contributed by atoms with E-state index in [1.165, 1.54) is 0 Å². The molecule has 2 rings (SSSR count). The summed E-state index contributed by atoms with van der Waals surface area (Å²) >= 11 is 12.3. The lowest BCUT2D eigenvalue weighted by Crippen LogP contribution is -2.40. The Hall–Kier alpha value is -0.570. The van der Waals surface area contributed by atoms with Crippen molar-refractivity contribution in [3.8, 4) is 0 Å². The van der Waals surface area contributed by atoms with E-state index in [2.05, 4.69) is 0 Å². The lowest BCUT2D eigenvalue weighted by atomic mass is 9.91. The van der Waals surface area contributed by atoms with Crippen LogP contribution in [-0.2, 0) is 16.0 Å². The zero-order chi connectivity index (χ0) is 13.9. The Labute approximate surface area is 124 Å². The minimum absolute atomic E-state index is 0.0989. The number of benzene rings is 1. The maximum Gasteiger partial charge on any atom is 0.169 e. The fraction of sp³-hybridized carbons (Fsp3) is 0.533. The number of Topliss-reactive ketones (excluding diaryl/α,β-unsaturated/α-hetero) is 1. The molecule has 0 unspecified atom stereocenters. The van der Waals surface area contributed by atoms with Crippen LogP contribution in [-0.4, -0.2) is 18.0 Å². The maximum absolute atomic E-state index is 12.6. The summed E-state index contributed by atoms with van der Waals surface area (Å²) in [6.07, 6.45) is 3.95. The fourth-order valence-electron chi connectivity index (χ4n) is 2.75. The lowest BCUT2D eigenvalue weighted by Gasteiger charge is -2.27. The molecule has 0 aromatic heterocycles. The van der Waals surface area contributed by atoms with Crippen molar-refractivity contribution in [2.24, 2.45) is 0 Å². The van der Waals surface area contributed by atoms with Crippen molar-refractivity contribution >= 4 is 29.0 Å². The van der Waals surface area contributed by atoms with Crippen molar-refractivity contribution in [1.82, 2.24) is 0 Å². The molecule has 0 atom stereocenters. The van der Waals surface area contributed by atoms with Gasteiger partial charge < -0.3 is 4.74 Å². The first kappa shape index (κ1) is 14.8. The average molecular weight is 301 g/mol. The van der Waals surface area contributed by atoms with E-state index in [1.54, 1.807) is 18.2 Å². The van der Waals surface area contributed by atoms with E-state index in [9.17, 15) is 4.79 Å². The third-order valence-corrected chi connectivity index (χ3v) is 4.45. The predicted octanol–water partition coefficient (Wildman–Crippen LogP) is 4.45. The first-order chi connectivity index (χ1) is 9.09. The molecule has 0 radical (unpaired) electrons. The summed E-state index contributed by atoms with van der Waals surface area (Å²) in [7, 11) is 0. The minimum Gasteiger partial charge on any atom is -0.367 e.